The van der Waals surface area contributed by atoms with Gasteiger partial charge in [0.25, 0.3) is 0 Å². The van der Waals surface area contributed by atoms with E-state index in [9.17, 15) is 0 Å². The van der Waals surface area contributed by atoms with Gasteiger partial charge in [-0.25, -0.2) is 0 Å². The van der Waals surface area contributed by atoms with Crippen LogP contribution in [0.4, 0.5) is 0 Å². The van der Waals surface area contributed by atoms with Crippen LogP contribution >= 0.6 is 46.4 Å². The Bertz CT molecular complexity index is 4560. The summed E-state index contributed by atoms with van der Waals surface area (Å²) in [5.74, 6) is 0. The van der Waals surface area contributed by atoms with Gasteiger partial charge in [-0.1, -0.05) is 437 Å². The van der Waals surface area contributed by atoms with Crippen molar-refractivity contribution in [1.82, 2.24) is 0 Å². The summed E-state index contributed by atoms with van der Waals surface area (Å²) < 4.78 is 0. The van der Waals surface area contributed by atoms with E-state index in [2.05, 4.69) is 437 Å². The molecule has 0 nitrogen and oxygen atoms in total. The lowest BCUT2D eigenvalue weighted by Crippen LogP contribution is -1.85. The highest BCUT2D eigenvalue weighted by atomic mass is 35.5. The molecule has 0 N–H and O–H groups in total. The van der Waals surface area contributed by atoms with Gasteiger partial charge in [0.15, 0.2) is 0 Å². The maximum absolute atomic E-state index is 4.76. The van der Waals surface area contributed by atoms with Gasteiger partial charge in [-0.3, -0.25) is 0 Å². The molecule has 114 heavy (non-hydrogen) atoms. The zero-order chi connectivity index (χ0) is 77.1. The Morgan fingerprint density at radius 2 is 0.0877 bits per heavy atom. The molecule has 0 spiro atoms. The van der Waals surface area contributed by atoms with Crippen LogP contribution in [-0.2, 0) is 0 Å². The summed E-state index contributed by atoms with van der Waals surface area (Å²) in [7, 11) is 0. The molecule has 18 aromatic rings. The number of benzene rings is 18. The average molecular weight is 1540 g/mol. The van der Waals surface area contributed by atoms with Crippen LogP contribution < -0.4 is 0 Å². The second-order valence-corrected chi connectivity index (χ2v) is 30.2. The molecule has 0 radical (unpaired) electrons. The lowest BCUT2D eigenvalue weighted by Gasteiger charge is -2.10. The average Bonchev–Trinajstić information content (AvgIpc) is 0.818. The zero-order valence-electron chi connectivity index (χ0n) is 62.5. The molecule has 0 saturated heterocycles. The van der Waals surface area contributed by atoms with E-state index in [1.165, 1.54) is 200 Å². The number of hydrogen-bond donors (Lipinski definition) is 0. The third-order valence-electron chi connectivity index (χ3n) is 21.9. The van der Waals surface area contributed by atoms with Gasteiger partial charge in [0.2, 0.25) is 0 Å². The molecule has 50 aliphatic carbocycles. The second-order valence-electron chi connectivity index (χ2n) is 28.6. The first-order valence-electron chi connectivity index (χ1n) is 38.4. The fourth-order valence-electron chi connectivity index (χ4n) is 15.4. The summed E-state index contributed by atoms with van der Waals surface area (Å²) in [6, 6.07) is 160. The summed E-state index contributed by atoms with van der Waals surface area (Å²) in [4.78, 5) is 0. The van der Waals surface area contributed by atoms with Crippen LogP contribution in [0.25, 0.3) is 200 Å². The van der Waals surface area contributed by atoms with Crippen LogP contribution in [0.2, 0.25) is 0 Å². The number of halogens is 4. The van der Waals surface area contributed by atoms with Crippen LogP contribution in [0, 0.1) is 0 Å². The van der Waals surface area contributed by atoms with E-state index in [1.807, 2.05) is 0 Å². The first-order chi connectivity index (χ1) is 56.2. The van der Waals surface area contributed by atoms with Gasteiger partial charge in [0, 0.05) is 0 Å². The minimum atomic E-state index is 0.194. The summed E-state index contributed by atoms with van der Waals surface area (Å²) in [6.07, 6.45) is 0. The normalized spacial score (nSPS) is 11.1. The maximum Gasteiger partial charge on any atom is 0.0967 e. The molecule has 0 saturated carbocycles. The third-order valence-corrected chi connectivity index (χ3v) is 21.9. The van der Waals surface area contributed by atoms with E-state index in [1.54, 1.807) is 0 Å². The minimum Gasteiger partial charge on any atom is -0.109 e. The molecular weight excluding hydrogens is 1460 g/mol. The Labute approximate surface area is 688 Å². The van der Waals surface area contributed by atoms with Crippen LogP contribution in [0.15, 0.2) is 437 Å². The van der Waals surface area contributed by atoms with Gasteiger partial charge in [0.05, 0.1) is 10.7 Å². The topological polar surface area (TPSA) is 0 Å². The predicted molar refractivity (Wildman–Crippen MR) is 491 cm³/mol. The van der Waals surface area contributed by atoms with Crippen molar-refractivity contribution in [3.8, 4) is 200 Å². The van der Waals surface area contributed by atoms with Gasteiger partial charge < -0.3 is 0 Å². The molecule has 4 heteroatoms. The molecule has 0 atom stereocenters. The van der Waals surface area contributed by atoms with Crippen molar-refractivity contribution in [2.24, 2.45) is 0 Å². The highest BCUT2D eigenvalue weighted by molar-refractivity contribution is 6.41. The Kier molecular flexibility index (Phi) is 22.3. The lowest BCUT2D eigenvalue weighted by molar-refractivity contribution is 1.55. The van der Waals surface area contributed by atoms with Crippen molar-refractivity contribution in [3.05, 3.63) is 437 Å². The first kappa shape index (κ1) is 73.9. The summed E-state index contributed by atoms with van der Waals surface area (Å²) in [5, 5.41) is 0.389. The van der Waals surface area contributed by atoms with E-state index in [0.717, 1.165) is 0 Å². The van der Waals surface area contributed by atoms with Crippen molar-refractivity contribution in [2.75, 3.05) is 10.7 Å². The fraction of sp³-hybridized carbons (Fsp3) is 0.0182. The SMILES string of the molecule is ClCCl.ClCCl.c1cc2ccc1-c1ccc(cc1)-c1ccc(cc1)-c1ccc(cc1)-c1ccc(cc1)-c1ccc(cc1)-c1ccc(cc1)-c1ccc(cc1)-c1ccc(cc1)-c1ccc(cc1)-c1ccc(cc1)-c1ccc-2cc1.c1cc2ccc1-c1ccc(cc1)-c1ccc(cc1)-c1ccc(cc1)-c1ccc(cc1)-c1ccc-2cc1. The van der Waals surface area contributed by atoms with Gasteiger partial charge in [-0.15, -0.1) is 46.4 Å². The van der Waals surface area contributed by atoms with Crippen molar-refractivity contribution in [1.29, 1.82) is 0 Å². The Balaban J connectivity index is 0.000000186. The Hall–Kier alpha value is -12.9. The second kappa shape index (κ2) is 34.4. The maximum atomic E-state index is 4.76. The molecule has 68 rings (SSSR count). The van der Waals surface area contributed by atoms with E-state index < -0.39 is 0 Å². The number of alkyl halides is 4. The number of rotatable bonds is 0. The monoisotopic (exact) mass is 1540 g/mol. The summed E-state index contributed by atoms with van der Waals surface area (Å²) >= 11 is 19.1. The smallest absolute Gasteiger partial charge is 0.0967 e. The molecule has 0 amide bonds. The summed E-state index contributed by atoms with van der Waals surface area (Å²) in [5.41, 5.74) is 43.8. The van der Waals surface area contributed by atoms with Crippen LogP contribution in [0.5, 0.6) is 0 Å². The van der Waals surface area contributed by atoms with Crippen LogP contribution in [0.3, 0.4) is 0 Å². The molecular formula is C110H76Cl4. The lowest BCUT2D eigenvalue weighted by atomic mass is 9.95. The quantitative estimate of drug-likeness (QED) is 0.133. The Morgan fingerprint density at radius 1 is 0.0702 bits per heavy atom. The molecule has 18 aromatic carbocycles. The van der Waals surface area contributed by atoms with Crippen LogP contribution in [-0.4, -0.2) is 10.7 Å². The molecule has 36 bridgehead atoms. The van der Waals surface area contributed by atoms with E-state index in [0.29, 0.717) is 0 Å². The van der Waals surface area contributed by atoms with E-state index >= 15 is 0 Å². The molecule has 50 aliphatic rings. The van der Waals surface area contributed by atoms with Crippen molar-refractivity contribution >= 4 is 46.4 Å². The van der Waals surface area contributed by atoms with Crippen LogP contribution in [0.1, 0.15) is 0 Å². The highest BCUT2D eigenvalue weighted by Gasteiger charge is 2.13. The number of hydrogen-bond acceptors (Lipinski definition) is 0. The van der Waals surface area contributed by atoms with E-state index in [4.69, 9.17) is 46.4 Å². The van der Waals surface area contributed by atoms with Crippen molar-refractivity contribution < 1.29 is 0 Å². The molecule has 0 fully saturated rings. The molecule has 0 heterocycles. The predicted octanol–water partition coefficient (Wildman–Crippen LogP) is 32.8. The van der Waals surface area contributed by atoms with Gasteiger partial charge in [-0.05, 0) is 200 Å². The summed E-state index contributed by atoms with van der Waals surface area (Å²) in [6.45, 7) is 0. The highest BCUT2D eigenvalue weighted by Crippen LogP contribution is 2.39. The zero-order valence-corrected chi connectivity index (χ0v) is 65.5. The third kappa shape index (κ3) is 16.7. The Morgan fingerprint density at radius 3 is 0.105 bits per heavy atom. The standard InChI is InChI=1S/C72H48.C36H24.2CH2Cl2/c1-2-50-4-3-49(1)51-5-7-53(8-6-51)55-13-15-57(16-14-55)59-21-23-61(24-22-59)63-29-31-65(32-30-63)67-37-39-69(40-38-67)71-45-47-72(48-46-71)70-43-41-68(42-44-70)66-35-33-64(34-36-66)62-27-25-60(26-28-62)58-19-17-56(18-20-58)54-11-9-52(50)10-12-54;1-2-26-4-3-25(1)27-5-7-29(8-6-27)31-13-15-33(16-14-31)35-21-23-36(24-22-35)34-19-17-32(18-20-34)30-11-9-28(26)10-12-30;2*2-1-3/h1-48H;1-24H;2*1H2. The van der Waals surface area contributed by atoms with Crippen molar-refractivity contribution in [3.63, 3.8) is 0 Å². The molecule has 0 aliphatic heterocycles. The van der Waals surface area contributed by atoms with Gasteiger partial charge in [-0.2, -0.15) is 0 Å². The van der Waals surface area contributed by atoms with Crippen molar-refractivity contribution in [2.45, 2.75) is 0 Å². The minimum absolute atomic E-state index is 0.194. The molecule has 0 unspecified atom stereocenters. The van der Waals surface area contributed by atoms with Gasteiger partial charge in [0.1, 0.15) is 0 Å². The fourth-order valence-corrected chi connectivity index (χ4v) is 15.4. The molecule has 544 valence electrons. The van der Waals surface area contributed by atoms with E-state index in [-0.39, 0.29) is 10.7 Å². The molecule has 0 aromatic heterocycles. The van der Waals surface area contributed by atoms with Gasteiger partial charge >= 0.3 is 0 Å². The first-order valence-corrected chi connectivity index (χ1v) is 40.5. The largest absolute Gasteiger partial charge is 0.109 e.